The van der Waals surface area contributed by atoms with Crippen molar-refractivity contribution in [3.05, 3.63) is 59.9 Å². The molecule has 2 aromatic rings. The van der Waals surface area contributed by atoms with Crippen molar-refractivity contribution in [2.24, 2.45) is 0 Å². The number of anilines is 1. The van der Waals surface area contributed by atoms with Crippen LogP contribution in [0.25, 0.3) is 0 Å². The minimum atomic E-state index is -3.76. The van der Waals surface area contributed by atoms with E-state index in [2.05, 4.69) is 0 Å². The molecule has 1 aliphatic heterocycles. The topological polar surface area (TPSA) is 80.8 Å². The Morgan fingerprint density at radius 2 is 1.83 bits per heavy atom. The predicted octanol–water partition coefficient (Wildman–Crippen LogP) is 2.90. The Hall–Kier alpha value is -2.74. The molecule has 0 aromatic heterocycles. The number of sulfone groups is 1. The van der Waals surface area contributed by atoms with Crippen molar-refractivity contribution in [2.45, 2.75) is 43.7 Å². The third kappa shape index (κ3) is 4.64. The summed E-state index contributed by atoms with van der Waals surface area (Å²) in [4.78, 5) is 26.5. The molecule has 0 spiro atoms. The van der Waals surface area contributed by atoms with Gasteiger partial charge in [-0.2, -0.15) is 0 Å². The van der Waals surface area contributed by atoms with Crippen LogP contribution in [0.4, 0.5) is 10.1 Å². The number of esters is 1. The number of rotatable bonds is 6. The molecule has 3 rings (SSSR count). The van der Waals surface area contributed by atoms with Crippen molar-refractivity contribution in [2.75, 3.05) is 10.7 Å². The number of amides is 1. The van der Waals surface area contributed by atoms with Crippen LogP contribution in [0.3, 0.4) is 0 Å². The lowest BCUT2D eigenvalue weighted by Gasteiger charge is -2.25. The standard InChI is InChI=1S/C21H22FNO5S/c1-14-13-16-5-3-4-6-19(16)23(14)21(25)15(2)28-20(24)11-12-29(26,27)18-9-7-17(22)8-10-18/h3-10,14-15H,11-13H2,1-2H3/t14-,15+/m1/s1. The molecule has 1 amide bonds. The van der Waals surface area contributed by atoms with E-state index >= 15 is 0 Å². The predicted molar refractivity (Wildman–Crippen MR) is 106 cm³/mol. The normalized spacial score (nSPS) is 16.9. The van der Waals surface area contributed by atoms with Crippen LogP contribution in [0.2, 0.25) is 0 Å². The second-order valence-electron chi connectivity index (χ2n) is 7.04. The van der Waals surface area contributed by atoms with Crippen LogP contribution >= 0.6 is 0 Å². The molecule has 0 fully saturated rings. The van der Waals surface area contributed by atoms with Crippen molar-refractivity contribution in [3.8, 4) is 0 Å². The zero-order valence-corrected chi connectivity index (χ0v) is 17.0. The van der Waals surface area contributed by atoms with Crippen LogP contribution in [0.1, 0.15) is 25.8 Å². The monoisotopic (exact) mass is 419 g/mol. The van der Waals surface area contributed by atoms with Crippen molar-refractivity contribution in [1.82, 2.24) is 0 Å². The largest absolute Gasteiger partial charge is 0.452 e. The summed E-state index contributed by atoms with van der Waals surface area (Å²) in [5, 5.41) is 0. The maximum absolute atomic E-state index is 13.0. The van der Waals surface area contributed by atoms with Crippen molar-refractivity contribution >= 4 is 27.4 Å². The van der Waals surface area contributed by atoms with E-state index in [0.717, 1.165) is 41.9 Å². The minimum absolute atomic E-state index is 0.0556. The third-order valence-electron chi connectivity index (χ3n) is 4.85. The fourth-order valence-corrected chi connectivity index (χ4v) is 4.60. The molecule has 154 valence electrons. The molecule has 29 heavy (non-hydrogen) atoms. The Kier molecular flexibility index (Phi) is 6.02. The van der Waals surface area contributed by atoms with E-state index in [-0.39, 0.29) is 16.8 Å². The molecule has 0 radical (unpaired) electrons. The zero-order valence-electron chi connectivity index (χ0n) is 16.2. The highest BCUT2D eigenvalue weighted by molar-refractivity contribution is 7.91. The molecule has 0 bridgehead atoms. The number of hydrogen-bond donors (Lipinski definition) is 0. The van der Waals surface area contributed by atoms with Crippen molar-refractivity contribution in [3.63, 3.8) is 0 Å². The number of benzene rings is 2. The maximum atomic E-state index is 13.0. The zero-order chi connectivity index (χ0) is 21.2. The van der Waals surface area contributed by atoms with Gasteiger partial charge in [-0.25, -0.2) is 12.8 Å². The summed E-state index contributed by atoms with van der Waals surface area (Å²) >= 11 is 0. The van der Waals surface area contributed by atoms with Crippen molar-refractivity contribution < 1.29 is 27.1 Å². The smallest absolute Gasteiger partial charge is 0.307 e. The molecule has 1 aliphatic rings. The molecular formula is C21H22FNO5S. The molecule has 0 saturated carbocycles. The summed E-state index contributed by atoms with van der Waals surface area (Å²) < 4.78 is 42.6. The number of halogens is 1. The van der Waals surface area contributed by atoms with E-state index in [1.807, 2.05) is 31.2 Å². The highest BCUT2D eigenvalue weighted by Crippen LogP contribution is 2.32. The SMILES string of the molecule is C[C@H](OC(=O)CCS(=O)(=O)c1ccc(F)cc1)C(=O)N1c2ccccc2C[C@H]1C. The lowest BCUT2D eigenvalue weighted by molar-refractivity contribution is -0.153. The number of carbonyl (C=O) groups excluding carboxylic acids is 2. The number of ether oxygens (including phenoxy) is 1. The van der Waals surface area contributed by atoms with E-state index in [9.17, 15) is 22.4 Å². The fourth-order valence-electron chi connectivity index (χ4n) is 3.38. The first kappa shape index (κ1) is 21.0. The number of carbonyl (C=O) groups is 2. The third-order valence-corrected chi connectivity index (χ3v) is 6.58. The van der Waals surface area contributed by atoms with Crippen LogP contribution < -0.4 is 4.90 Å². The van der Waals surface area contributed by atoms with Gasteiger partial charge in [0.2, 0.25) is 0 Å². The van der Waals surface area contributed by atoms with E-state index in [1.54, 1.807) is 4.90 Å². The van der Waals surface area contributed by atoms with Crippen LogP contribution in [0.5, 0.6) is 0 Å². The summed E-state index contributed by atoms with van der Waals surface area (Å²) in [6, 6.07) is 11.9. The Bertz CT molecular complexity index is 1020. The second kappa shape index (κ2) is 8.32. The summed E-state index contributed by atoms with van der Waals surface area (Å²) in [5.41, 5.74) is 1.85. The van der Waals surface area contributed by atoms with Gasteiger partial charge in [-0.1, -0.05) is 18.2 Å². The lowest BCUT2D eigenvalue weighted by Crippen LogP contribution is -2.43. The average molecular weight is 419 g/mol. The molecule has 1 heterocycles. The molecule has 8 heteroatoms. The van der Waals surface area contributed by atoms with Gasteiger partial charge in [0.1, 0.15) is 5.82 Å². The Labute approximate surface area is 169 Å². The number of para-hydroxylation sites is 1. The van der Waals surface area contributed by atoms with Crippen molar-refractivity contribution in [1.29, 1.82) is 0 Å². The first-order valence-corrected chi connectivity index (χ1v) is 10.9. The van der Waals surface area contributed by atoms with Gasteiger partial charge in [0.25, 0.3) is 5.91 Å². The van der Waals surface area contributed by atoms with Crippen LogP contribution in [0, 0.1) is 5.82 Å². The summed E-state index contributed by atoms with van der Waals surface area (Å²) in [6.45, 7) is 3.39. The fraction of sp³-hybridized carbons (Fsp3) is 0.333. The average Bonchev–Trinajstić information content (AvgIpc) is 3.02. The van der Waals surface area contributed by atoms with Crippen LogP contribution in [-0.4, -0.2) is 38.2 Å². The molecule has 2 aromatic carbocycles. The van der Waals surface area contributed by atoms with Gasteiger partial charge in [-0.3, -0.25) is 9.59 Å². The molecular weight excluding hydrogens is 397 g/mol. The van der Waals surface area contributed by atoms with Gasteiger partial charge >= 0.3 is 5.97 Å². The highest BCUT2D eigenvalue weighted by Gasteiger charge is 2.34. The molecule has 0 N–H and O–H groups in total. The van der Waals surface area contributed by atoms with Gasteiger partial charge in [-0.05, 0) is 56.2 Å². The van der Waals surface area contributed by atoms with Gasteiger partial charge in [-0.15, -0.1) is 0 Å². The number of nitrogens with zero attached hydrogens (tertiary/aromatic N) is 1. The van der Waals surface area contributed by atoms with Crippen LogP contribution in [-0.2, 0) is 30.6 Å². The second-order valence-corrected chi connectivity index (χ2v) is 9.15. The van der Waals surface area contributed by atoms with Gasteiger partial charge in [0.15, 0.2) is 15.9 Å². The Morgan fingerprint density at radius 3 is 2.52 bits per heavy atom. The minimum Gasteiger partial charge on any atom is -0.452 e. The lowest BCUT2D eigenvalue weighted by atomic mass is 10.1. The summed E-state index contributed by atoms with van der Waals surface area (Å²) in [6.07, 6.45) is -0.716. The number of fused-ring (bicyclic) bond motifs is 1. The number of hydrogen-bond acceptors (Lipinski definition) is 5. The first-order valence-electron chi connectivity index (χ1n) is 9.28. The first-order chi connectivity index (χ1) is 13.7. The molecule has 0 aliphatic carbocycles. The Balaban J connectivity index is 1.59. The summed E-state index contributed by atoms with van der Waals surface area (Å²) in [7, 11) is -3.76. The van der Waals surface area contributed by atoms with Gasteiger partial charge in [0.05, 0.1) is 17.1 Å². The molecule has 0 saturated heterocycles. The van der Waals surface area contributed by atoms with Crippen LogP contribution in [0.15, 0.2) is 53.4 Å². The quantitative estimate of drug-likeness (QED) is 0.531. The van der Waals surface area contributed by atoms with Gasteiger partial charge in [0, 0.05) is 11.7 Å². The maximum Gasteiger partial charge on any atom is 0.307 e. The van der Waals surface area contributed by atoms with Gasteiger partial charge < -0.3 is 9.64 Å². The highest BCUT2D eigenvalue weighted by atomic mass is 32.2. The van der Waals surface area contributed by atoms with E-state index < -0.39 is 39.9 Å². The van der Waals surface area contributed by atoms with E-state index in [4.69, 9.17) is 4.74 Å². The van der Waals surface area contributed by atoms with E-state index in [1.165, 1.54) is 6.92 Å². The summed E-state index contributed by atoms with van der Waals surface area (Å²) in [5.74, 6) is -2.16. The molecule has 2 atom stereocenters. The van der Waals surface area contributed by atoms with E-state index in [0.29, 0.717) is 0 Å². The molecule has 6 nitrogen and oxygen atoms in total. The molecule has 0 unspecified atom stereocenters. The Morgan fingerprint density at radius 1 is 1.17 bits per heavy atom.